The summed E-state index contributed by atoms with van der Waals surface area (Å²) in [5.74, 6) is 1.11. The minimum Gasteiger partial charge on any atom is -0.496 e. The van der Waals surface area contributed by atoms with Crippen molar-refractivity contribution in [2.24, 2.45) is 0 Å². The van der Waals surface area contributed by atoms with Crippen LogP contribution in [0.15, 0.2) is 24.3 Å². The first-order valence-corrected chi connectivity index (χ1v) is 11.6. The third-order valence-electron chi connectivity index (χ3n) is 6.07. The van der Waals surface area contributed by atoms with E-state index in [1.807, 2.05) is 7.11 Å². The molecular formula is C26H35BrO. The molecule has 0 N–H and O–H groups in total. The van der Waals surface area contributed by atoms with E-state index in [-0.39, 0.29) is 10.8 Å². The number of rotatable bonds is 2. The first-order valence-electron chi connectivity index (χ1n) is 10.5. The van der Waals surface area contributed by atoms with E-state index >= 15 is 0 Å². The molecule has 0 saturated heterocycles. The third-order valence-corrected chi connectivity index (χ3v) is 6.64. The van der Waals surface area contributed by atoms with Gasteiger partial charge in [-0.15, -0.1) is 0 Å². The first kappa shape index (κ1) is 21.4. The van der Waals surface area contributed by atoms with Gasteiger partial charge >= 0.3 is 0 Å². The fourth-order valence-electron chi connectivity index (χ4n) is 4.21. The molecule has 0 radical (unpaired) electrons. The molecule has 0 heterocycles. The smallest absolute Gasteiger partial charge is 0.125 e. The Morgan fingerprint density at radius 1 is 0.714 bits per heavy atom. The summed E-state index contributed by atoms with van der Waals surface area (Å²) in [5, 5.41) is 0.931. The molecule has 1 aliphatic rings. The molecule has 2 aromatic carbocycles. The number of alkyl halides is 1. The maximum Gasteiger partial charge on any atom is 0.125 e. The van der Waals surface area contributed by atoms with Crippen molar-refractivity contribution in [2.75, 3.05) is 7.11 Å². The van der Waals surface area contributed by atoms with E-state index in [0.717, 1.165) is 36.8 Å². The number of ether oxygens (including phenoxy) is 1. The van der Waals surface area contributed by atoms with Crippen LogP contribution < -0.4 is 4.74 Å². The quantitative estimate of drug-likeness (QED) is 0.451. The SMILES string of the molecule is COc1c2cc(C(C)(C)C)cc1CCc1cc(C(C)(C)C)cc(c1CBr)CC2. The minimum absolute atomic E-state index is 0.147. The fraction of sp³-hybridized carbons (Fsp3) is 0.538. The summed E-state index contributed by atoms with van der Waals surface area (Å²) in [6, 6.07) is 9.66. The van der Waals surface area contributed by atoms with Gasteiger partial charge in [0.25, 0.3) is 0 Å². The lowest BCUT2D eigenvalue weighted by Gasteiger charge is -2.27. The van der Waals surface area contributed by atoms with Crippen LogP contribution in [0.3, 0.4) is 0 Å². The minimum atomic E-state index is 0.147. The molecule has 3 rings (SSSR count). The Bertz CT molecular complexity index is 741. The van der Waals surface area contributed by atoms with Crippen molar-refractivity contribution in [1.29, 1.82) is 0 Å². The molecule has 2 aromatic rings. The van der Waals surface area contributed by atoms with Crippen molar-refractivity contribution in [3.05, 3.63) is 63.2 Å². The van der Waals surface area contributed by atoms with Crippen LogP contribution in [0.25, 0.3) is 0 Å². The van der Waals surface area contributed by atoms with E-state index < -0.39 is 0 Å². The summed E-state index contributed by atoms with van der Waals surface area (Å²) in [4.78, 5) is 0. The third kappa shape index (κ3) is 4.32. The summed E-state index contributed by atoms with van der Waals surface area (Å²) in [7, 11) is 1.83. The van der Waals surface area contributed by atoms with Gasteiger partial charge in [0.05, 0.1) is 7.11 Å². The van der Waals surface area contributed by atoms with E-state index in [2.05, 4.69) is 81.7 Å². The normalized spacial score (nSPS) is 14.7. The summed E-state index contributed by atoms with van der Waals surface area (Å²) >= 11 is 3.77. The average Bonchev–Trinajstić information content (AvgIpc) is 2.61. The maximum absolute atomic E-state index is 5.91. The van der Waals surface area contributed by atoms with Crippen molar-refractivity contribution in [3.8, 4) is 5.75 Å². The lowest BCUT2D eigenvalue weighted by atomic mass is 9.79. The number of methoxy groups -OCH3 is 1. The standard InChI is InChI=1S/C26H35BrO/c1-25(2,3)21-12-17-8-10-19-14-22(26(4,5)6)15-20(24(19)28-7)11-9-18(13-21)23(17)16-27/h12-15H,8-11,16H2,1-7H3. The predicted molar refractivity (Wildman–Crippen MR) is 124 cm³/mol. The number of benzene rings is 2. The van der Waals surface area contributed by atoms with Crippen molar-refractivity contribution >= 4 is 15.9 Å². The monoisotopic (exact) mass is 442 g/mol. The number of fused-ring (bicyclic) bond motifs is 4. The molecule has 28 heavy (non-hydrogen) atoms. The summed E-state index contributed by atoms with van der Waals surface area (Å²) in [6.07, 6.45) is 4.16. The second-order valence-electron chi connectivity index (χ2n) is 10.2. The second kappa shape index (κ2) is 7.86. The highest BCUT2D eigenvalue weighted by Crippen LogP contribution is 2.36. The van der Waals surface area contributed by atoms with Gasteiger partial charge in [0.15, 0.2) is 0 Å². The highest BCUT2D eigenvalue weighted by molar-refractivity contribution is 9.08. The fourth-order valence-corrected chi connectivity index (χ4v) is 4.93. The van der Waals surface area contributed by atoms with Crippen LogP contribution in [0.4, 0.5) is 0 Å². The van der Waals surface area contributed by atoms with Crippen LogP contribution in [0.1, 0.15) is 80.5 Å². The largest absolute Gasteiger partial charge is 0.496 e. The van der Waals surface area contributed by atoms with Crippen LogP contribution in [0, 0.1) is 0 Å². The van der Waals surface area contributed by atoms with Crippen LogP contribution in [-0.2, 0) is 41.8 Å². The molecular weight excluding hydrogens is 408 g/mol. The zero-order chi connectivity index (χ0) is 20.7. The van der Waals surface area contributed by atoms with Crippen LogP contribution in [0.5, 0.6) is 5.75 Å². The Labute approximate surface area is 180 Å². The number of hydrogen-bond donors (Lipinski definition) is 0. The Kier molecular flexibility index (Phi) is 6.01. The Balaban J connectivity index is 2.15. The van der Waals surface area contributed by atoms with Gasteiger partial charge in [0.2, 0.25) is 0 Å². The van der Waals surface area contributed by atoms with Crippen molar-refractivity contribution in [2.45, 2.75) is 83.4 Å². The van der Waals surface area contributed by atoms with E-state index in [1.54, 1.807) is 0 Å². The molecule has 1 nitrogen and oxygen atoms in total. The molecule has 0 unspecified atom stereocenters. The van der Waals surface area contributed by atoms with Crippen LogP contribution in [-0.4, -0.2) is 7.11 Å². The molecule has 2 heteroatoms. The number of hydrogen-bond acceptors (Lipinski definition) is 1. The molecule has 0 saturated carbocycles. The molecule has 4 bridgehead atoms. The lowest BCUT2D eigenvalue weighted by Crippen LogP contribution is -2.16. The van der Waals surface area contributed by atoms with Crippen molar-refractivity contribution in [1.82, 2.24) is 0 Å². The van der Waals surface area contributed by atoms with Gasteiger partial charge in [-0.2, -0.15) is 0 Å². The van der Waals surface area contributed by atoms with E-state index in [4.69, 9.17) is 4.74 Å². The second-order valence-corrected chi connectivity index (χ2v) is 10.8. The summed E-state index contributed by atoms with van der Waals surface area (Å²) in [6.45, 7) is 13.9. The Hall–Kier alpha value is -1.28. The van der Waals surface area contributed by atoms with Crippen LogP contribution >= 0.6 is 15.9 Å². The highest BCUT2D eigenvalue weighted by atomic mass is 79.9. The van der Waals surface area contributed by atoms with Crippen molar-refractivity contribution in [3.63, 3.8) is 0 Å². The van der Waals surface area contributed by atoms with Gasteiger partial charge in [0, 0.05) is 5.33 Å². The molecule has 0 spiro atoms. The Morgan fingerprint density at radius 2 is 1.07 bits per heavy atom. The van der Waals surface area contributed by atoms with Crippen LogP contribution in [0.2, 0.25) is 0 Å². The first-order chi connectivity index (χ1) is 13.0. The lowest BCUT2D eigenvalue weighted by molar-refractivity contribution is 0.403. The molecule has 0 aliphatic heterocycles. The maximum atomic E-state index is 5.91. The Morgan fingerprint density at radius 3 is 1.39 bits per heavy atom. The zero-order valence-electron chi connectivity index (χ0n) is 18.6. The van der Waals surface area contributed by atoms with Gasteiger partial charge in [0.1, 0.15) is 5.75 Å². The van der Waals surface area contributed by atoms with Gasteiger partial charge in [-0.05, 0) is 75.5 Å². The van der Waals surface area contributed by atoms with Crippen molar-refractivity contribution < 1.29 is 4.74 Å². The van der Waals surface area contributed by atoms with Gasteiger partial charge in [-0.3, -0.25) is 0 Å². The predicted octanol–water partition coefficient (Wildman–Crippen LogP) is 7.07. The zero-order valence-corrected chi connectivity index (χ0v) is 20.2. The summed E-state index contributed by atoms with van der Waals surface area (Å²) in [5.41, 5.74) is 10.4. The van der Waals surface area contributed by atoms with E-state index in [9.17, 15) is 0 Å². The molecule has 0 amide bonds. The molecule has 0 atom stereocenters. The molecule has 0 aromatic heterocycles. The summed E-state index contributed by atoms with van der Waals surface area (Å²) < 4.78 is 5.91. The topological polar surface area (TPSA) is 9.23 Å². The molecule has 1 aliphatic carbocycles. The van der Waals surface area contributed by atoms with Gasteiger partial charge in [-0.1, -0.05) is 81.7 Å². The van der Waals surface area contributed by atoms with E-state index in [0.29, 0.717) is 0 Å². The number of aryl methyl sites for hydroxylation is 4. The molecule has 0 fully saturated rings. The van der Waals surface area contributed by atoms with Gasteiger partial charge < -0.3 is 4.74 Å². The highest BCUT2D eigenvalue weighted by Gasteiger charge is 2.23. The average molecular weight is 443 g/mol. The molecule has 152 valence electrons. The van der Waals surface area contributed by atoms with Gasteiger partial charge in [-0.25, -0.2) is 0 Å². The number of halogens is 1. The van der Waals surface area contributed by atoms with E-state index in [1.165, 1.54) is 38.9 Å².